The number of hydrogen-bond acceptors (Lipinski definition) is 3. The van der Waals surface area contributed by atoms with Crippen molar-refractivity contribution in [3.8, 4) is 5.69 Å². The highest BCUT2D eigenvalue weighted by Gasteiger charge is 2.48. The van der Waals surface area contributed by atoms with Gasteiger partial charge in [-0.25, -0.2) is 13.8 Å². The van der Waals surface area contributed by atoms with E-state index in [4.69, 9.17) is 5.73 Å². The second-order valence-electron chi connectivity index (χ2n) is 5.52. The van der Waals surface area contributed by atoms with E-state index in [-0.39, 0.29) is 5.56 Å². The fourth-order valence-electron chi connectivity index (χ4n) is 2.49. The SMILES string of the molecule is NC(=O)c1ccc(NC(=O)C2CC(F)(F)C2)c(-n2ccnc2)c1. The zero-order chi connectivity index (χ0) is 16.6. The van der Waals surface area contributed by atoms with Crippen molar-refractivity contribution in [2.75, 3.05) is 5.32 Å². The van der Waals surface area contributed by atoms with Gasteiger partial charge in [-0.3, -0.25) is 9.59 Å². The second kappa shape index (κ2) is 5.45. The number of primary amides is 1. The van der Waals surface area contributed by atoms with Crippen molar-refractivity contribution >= 4 is 17.5 Å². The highest BCUT2D eigenvalue weighted by Crippen LogP contribution is 2.43. The number of nitrogens with two attached hydrogens (primary N) is 1. The Kier molecular flexibility index (Phi) is 3.59. The lowest BCUT2D eigenvalue weighted by atomic mass is 9.80. The van der Waals surface area contributed by atoms with E-state index in [1.54, 1.807) is 10.8 Å². The predicted molar refractivity (Wildman–Crippen MR) is 78.4 cm³/mol. The molecule has 0 aliphatic heterocycles. The van der Waals surface area contributed by atoms with Crippen molar-refractivity contribution in [1.82, 2.24) is 9.55 Å². The summed E-state index contributed by atoms with van der Waals surface area (Å²) in [6, 6.07) is 4.49. The van der Waals surface area contributed by atoms with E-state index in [0.717, 1.165) is 0 Å². The molecule has 2 aromatic rings. The maximum atomic E-state index is 12.9. The molecule has 3 rings (SSSR count). The van der Waals surface area contributed by atoms with E-state index >= 15 is 0 Å². The van der Waals surface area contributed by atoms with E-state index in [2.05, 4.69) is 10.3 Å². The molecule has 0 saturated heterocycles. The van der Waals surface area contributed by atoms with Gasteiger partial charge in [0, 0.05) is 36.7 Å². The summed E-state index contributed by atoms with van der Waals surface area (Å²) in [5.74, 6) is -4.55. The van der Waals surface area contributed by atoms with Crippen LogP contribution in [0, 0.1) is 5.92 Å². The average molecular weight is 320 g/mol. The Balaban J connectivity index is 1.87. The number of imidazole rings is 1. The predicted octanol–water partition coefficient (Wildman–Crippen LogP) is 1.95. The van der Waals surface area contributed by atoms with Gasteiger partial charge in [0.25, 0.3) is 0 Å². The summed E-state index contributed by atoms with van der Waals surface area (Å²) < 4.78 is 27.4. The molecular formula is C15H14F2N4O2. The Hall–Kier alpha value is -2.77. The third-order valence-electron chi connectivity index (χ3n) is 3.78. The number of amides is 2. The van der Waals surface area contributed by atoms with Crippen molar-refractivity contribution in [3.63, 3.8) is 0 Å². The largest absolute Gasteiger partial charge is 0.366 e. The molecule has 1 saturated carbocycles. The number of nitrogens with one attached hydrogen (secondary N) is 1. The van der Waals surface area contributed by atoms with Crippen LogP contribution in [0.25, 0.3) is 5.69 Å². The Morgan fingerprint density at radius 2 is 2.09 bits per heavy atom. The zero-order valence-corrected chi connectivity index (χ0v) is 12.0. The quantitative estimate of drug-likeness (QED) is 0.902. The van der Waals surface area contributed by atoms with Crippen LogP contribution in [0.2, 0.25) is 0 Å². The maximum absolute atomic E-state index is 12.9. The fraction of sp³-hybridized carbons (Fsp3) is 0.267. The van der Waals surface area contributed by atoms with Crippen LogP contribution in [-0.4, -0.2) is 27.3 Å². The average Bonchev–Trinajstić information content (AvgIpc) is 2.98. The van der Waals surface area contributed by atoms with Gasteiger partial charge in [-0.05, 0) is 18.2 Å². The lowest BCUT2D eigenvalue weighted by molar-refractivity contribution is -0.145. The van der Waals surface area contributed by atoms with Crippen LogP contribution in [0.1, 0.15) is 23.2 Å². The first kappa shape index (κ1) is 15.1. The molecule has 6 nitrogen and oxygen atoms in total. The van der Waals surface area contributed by atoms with Crippen LogP contribution < -0.4 is 11.1 Å². The van der Waals surface area contributed by atoms with Gasteiger partial charge in [-0.2, -0.15) is 0 Å². The van der Waals surface area contributed by atoms with Gasteiger partial charge in [0.2, 0.25) is 17.7 Å². The number of benzene rings is 1. The van der Waals surface area contributed by atoms with Gasteiger partial charge in [0.05, 0.1) is 17.7 Å². The van der Waals surface area contributed by atoms with Gasteiger partial charge >= 0.3 is 0 Å². The zero-order valence-electron chi connectivity index (χ0n) is 12.0. The lowest BCUT2D eigenvalue weighted by Crippen LogP contribution is -2.42. The number of hydrogen-bond donors (Lipinski definition) is 2. The van der Waals surface area contributed by atoms with E-state index in [1.807, 2.05) is 0 Å². The van der Waals surface area contributed by atoms with Crippen LogP contribution >= 0.6 is 0 Å². The molecule has 23 heavy (non-hydrogen) atoms. The smallest absolute Gasteiger partial charge is 0.249 e. The molecule has 0 spiro atoms. The van der Waals surface area contributed by atoms with Crippen molar-refractivity contribution in [1.29, 1.82) is 0 Å². The third-order valence-corrected chi connectivity index (χ3v) is 3.78. The van der Waals surface area contributed by atoms with Crippen LogP contribution in [0.4, 0.5) is 14.5 Å². The highest BCUT2D eigenvalue weighted by molar-refractivity contribution is 5.98. The molecule has 1 aromatic carbocycles. The van der Waals surface area contributed by atoms with Crippen molar-refractivity contribution < 1.29 is 18.4 Å². The summed E-state index contributed by atoms with van der Waals surface area (Å²) in [4.78, 5) is 27.3. The molecule has 1 aromatic heterocycles. The Morgan fingerprint density at radius 1 is 1.35 bits per heavy atom. The van der Waals surface area contributed by atoms with E-state index in [1.165, 1.54) is 30.7 Å². The van der Waals surface area contributed by atoms with Gasteiger partial charge in [0.1, 0.15) is 0 Å². The molecule has 0 atom stereocenters. The van der Waals surface area contributed by atoms with Gasteiger partial charge in [-0.15, -0.1) is 0 Å². The molecule has 1 aliphatic rings. The van der Waals surface area contributed by atoms with Crippen molar-refractivity contribution in [2.45, 2.75) is 18.8 Å². The first-order chi connectivity index (χ1) is 10.9. The van der Waals surface area contributed by atoms with Gasteiger partial charge < -0.3 is 15.6 Å². The van der Waals surface area contributed by atoms with Crippen LogP contribution in [0.5, 0.6) is 0 Å². The van der Waals surface area contributed by atoms with Gasteiger partial charge in [-0.1, -0.05) is 0 Å². The van der Waals surface area contributed by atoms with Crippen LogP contribution in [-0.2, 0) is 4.79 Å². The minimum atomic E-state index is -2.76. The highest BCUT2D eigenvalue weighted by atomic mass is 19.3. The maximum Gasteiger partial charge on any atom is 0.249 e. The summed E-state index contributed by atoms with van der Waals surface area (Å²) in [5.41, 5.74) is 6.41. The second-order valence-corrected chi connectivity index (χ2v) is 5.52. The number of rotatable bonds is 4. The molecule has 8 heteroatoms. The van der Waals surface area contributed by atoms with Crippen LogP contribution in [0.15, 0.2) is 36.9 Å². The van der Waals surface area contributed by atoms with Crippen molar-refractivity contribution in [3.05, 3.63) is 42.5 Å². The van der Waals surface area contributed by atoms with Gasteiger partial charge in [0.15, 0.2) is 0 Å². The molecule has 0 bridgehead atoms. The minimum Gasteiger partial charge on any atom is -0.366 e. The summed E-state index contributed by atoms with van der Waals surface area (Å²) in [5, 5.41) is 2.63. The Bertz CT molecular complexity index is 751. The fourth-order valence-corrected chi connectivity index (χ4v) is 2.49. The summed E-state index contributed by atoms with van der Waals surface area (Å²) in [6.07, 6.45) is 3.77. The number of nitrogens with zero attached hydrogens (tertiary/aromatic N) is 2. The summed E-state index contributed by atoms with van der Waals surface area (Å²) >= 11 is 0. The number of alkyl halides is 2. The molecule has 3 N–H and O–H groups in total. The summed E-state index contributed by atoms with van der Waals surface area (Å²) in [7, 11) is 0. The first-order valence-electron chi connectivity index (χ1n) is 6.96. The number of carbonyl (C=O) groups excluding carboxylic acids is 2. The number of anilines is 1. The molecule has 1 heterocycles. The molecule has 1 fully saturated rings. The number of carbonyl (C=O) groups is 2. The normalized spacial score (nSPS) is 16.6. The van der Waals surface area contributed by atoms with Crippen LogP contribution in [0.3, 0.4) is 0 Å². The minimum absolute atomic E-state index is 0.266. The standard InChI is InChI=1S/C15H14F2N4O2/c16-15(17)6-10(7-15)14(23)20-11-2-1-9(13(18)22)5-12(11)21-4-3-19-8-21/h1-5,8,10H,6-7H2,(H2,18,22)(H,20,23). The lowest BCUT2D eigenvalue weighted by Gasteiger charge is -2.33. The van der Waals surface area contributed by atoms with E-state index < -0.39 is 36.5 Å². The molecule has 0 radical (unpaired) electrons. The molecule has 2 amide bonds. The van der Waals surface area contributed by atoms with Crippen molar-refractivity contribution in [2.24, 2.45) is 11.7 Å². The monoisotopic (exact) mass is 320 g/mol. The number of aromatic nitrogens is 2. The molecule has 0 unspecified atom stereocenters. The molecular weight excluding hydrogens is 306 g/mol. The number of halogens is 2. The topological polar surface area (TPSA) is 90.0 Å². The molecule has 1 aliphatic carbocycles. The Morgan fingerprint density at radius 3 is 2.65 bits per heavy atom. The third kappa shape index (κ3) is 3.05. The molecule has 120 valence electrons. The first-order valence-corrected chi connectivity index (χ1v) is 6.96. The summed E-state index contributed by atoms with van der Waals surface area (Å²) in [6.45, 7) is 0. The van der Waals surface area contributed by atoms with E-state index in [0.29, 0.717) is 11.4 Å². The van der Waals surface area contributed by atoms with E-state index in [9.17, 15) is 18.4 Å². The Labute approximate surface area is 130 Å².